The highest BCUT2D eigenvalue weighted by molar-refractivity contribution is 5.89. The van der Waals surface area contributed by atoms with Gasteiger partial charge in [-0.1, -0.05) is 0 Å². The molecule has 7 heteroatoms. The molecule has 2 amide bonds. The summed E-state index contributed by atoms with van der Waals surface area (Å²) in [6.07, 6.45) is 0.648. The van der Waals surface area contributed by atoms with Crippen molar-refractivity contribution in [3.05, 3.63) is 53.1 Å². The summed E-state index contributed by atoms with van der Waals surface area (Å²) < 4.78 is 37.2. The molecule has 1 aliphatic rings. The molecule has 0 aromatic heterocycles. The maximum absolute atomic E-state index is 13.7. The number of carbonyl (C=O) groups excluding carboxylic acids is 1. The van der Waals surface area contributed by atoms with Crippen molar-refractivity contribution in [2.75, 3.05) is 26.1 Å². The maximum Gasteiger partial charge on any atom is 0.322 e. The number of benzene rings is 2. The number of methoxy groups -OCH3 is 2. The molecule has 0 unspecified atom stereocenters. The highest BCUT2D eigenvalue weighted by Crippen LogP contribution is 2.33. The molecule has 0 atom stereocenters. The number of nitrogens with one attached hydrogen (secondary N) is 1. The predicted molar refractivity (Wildman–Crippen MR) is 89.0 cm³/mol. The lowest BCUT2D eigenvalue weighted by Gasteiger charge is -2.29. The van der Waals surface area contributed by atoms with Gasteiger partial charge >= 0.3 is 6.03 Å². The number of hydrogen-bond acceptors (Lipinski definition) is 3. The van der Waals surface area contributed by atoms with E-state index in [0.717, 1.165) is 23.3 Å². The number of urea groups is 1. The summed E-state index contributed by atoms with van der Waals surface area (Å²) in [5.74, 6) is -0.263. The van der Waals surface area contributed by atoms with E-state index in [9.17, 15) is 13.6 Å². The predicted octanol–water partition coefficient (Wildman–Crippen LogP) is 3.57. The Bertz CT molecular complexity index is 811. The molecule has 132 valence electrons. The quantitative estimate of drug-likeness (QED) is 0.923. The zero-order valence-electron chi connectivity index (χ0n) is 13.9. The number of ether oxygens (including phenoxy) is 2. The molecule has 3 rings (SSSR count). The molecule has 0 saturated carbocycles. The zero-order chi connectivity index (χ0) is 18.0. The van der Waals surface area contributed by atoms with E-state index in [0.29, 0.717) is 31.0 Å². The summed E-state index contributed by atoms with van der Waals surface area (Å²) >= 11 is 0. The Morgan fingerprint density at radius 2 is 1.76 bits per heavy atom. The Morgan fingerprint density at radius 3 is 2.40 bits per heavy atom. The molecule has 0 saturated heterocycles. The van der Waals surface area contributed by atoms with E-state index in [1.54, 1.807) is 19.1 Å². The lowest BCUT2D eigenvalue weighted by Crippen LogP contribution is -2.39. The maximum atomic E-state index is 13.7. The van der Waals surface area contributed by atoms with E-state index in [-0.39, 0.29) is 5.69 Å². The summed E-state index contributed by atoms with van der Waals surface area (Å²) in [6, 6.07) is 6.34. The summed E-state index contributed by atoms with van der Waals surface area (Å²) in [4.78, 5) is 14.0. The number of amides is 2. The van der Waals surface area contributed by atoms with E-state index in [1.807, 2.05) is 12.1 Å². The van der Waals surface area contributed by atoms with Crippen LogP contribution in [0.1, 0.15) is 11.1 Å². The Hall–Kier alpha value is -2.83. The second-order valence-corrected chi connectivity index (χ2v) is 5.70. The molecule has 5 nitrogen and oxygen atoms in total. The molecule has 0 fully saturated rings. The van der Waals surface area contributed by atoms with Gasteiger partial charge in [-0.3, -0.25) is 0 Å². The molecule has 0 aliphatic carbocycles. The molecule has 1 aliphatic heterocycles. The van der Waals surface area contributed by atoms with Crippen LogP contribution in [0.15, 0.2) is 30.3 Å². The minimum Gasteiger partial charge on any atom is -0.493 e. The van der Waals surface area contributed by atoms with Crippen molar-refractivity contribution in [3.63, 3.8) is 0 Å². The fourth-order valence-electron chi connectivity index (χ4n) is 2.84. The van der Waals surface area contributed by atoms with Crippen molar-refractivity contribution in [1.29, 1.82) is 0 Å². The third-order valence-electron chi connectivity index (χ3n) is 4.18. The number of fused-ring (bicyclic) bond motifs is 1. The highest BCUT2D eigenvalue weighted by Gasteiger charge is 2.23. The molecule has 0 spiro atoms. The normalized spacial score (nSPS) is 13.2. The van der Waals surface area contributed by atoms with Gasteiger partial charge < -0.3 is 19.7 Å². The third-order valence-corrected chi connectivity index (χ3v) is 4.18. The van der Waals surface area contributed by atoms with E-state index < -0.39 is 17.7 Å². The lowest BCUT2D eigenvalue weighted by atomic mass is 9.99. The van der Waals surface area contributed by atoms with E-state index >= 15 is 0 Å². The van der Waals surface area contributed by atoms with Gasteiger partial charge in [0.05, 0.1) is 19.9 Å². The van der Waals surface area contributed by atoms with E-state index in [1.165, 1.54) is 6.07 Å². The number of carbonyl (C=O) groups is 1. The lowest BCUT2D eigenvalue weighted by molar-refractivity contribution is 0.206. The van der Waals surface area contributed by atoms with Gasteiger partial charge in [-0.2, -0.15) is 0 Å². The minimum atomic E-state index is -0.808. The summed E-state index contributed by atoms with van der Waals surface area (Å²) in [5, 5.41) is 2.48. The van der Waals surface area contributed by atoms with Crippen LogP contribution in [0.4, 0.5) is 19.3 Å². The molecule has 1 N–H and O–H groups in total. The van der Waals surface area contributed by atoms with Crippen LogP contribution in [0.2, 0.25) is 0 Å². The third kappa shape index (κ3) is 3.50. The van der Waals surface area contributed by atoms with Crippen molar-refractivity contribution < 1.29 is 23.0 Å². The number of rotatable bonds is 3. The number of hydrogen-bond donors (Lipinski definition) is 1. The van der Waals surface area contributed by atoms with Crippen molar-refractivity contribution in [2.24, 2.45) is 0 Å². The number of anilines is 1. The van der Waals surface area contributed by atoms with Gasteiger partial charge in [0.1, 0.15) is 11.6 Å². The van der Waals surface area contributed by atoms with Crippen molar-refractivity contribution in [2.45, 2.75) is 13.0 Å². The van der Waals surface area contributed by atoms with Gasteiger partial charge in [-0.15, -0.1) is 0 Å². The Kier molecular flexibility index (Phi) is 4.74. The Morgan fingerprint density at radius 1 is 1.08 bits per heavy atom. The van der Waals surface area contributed by atoms with Crippen LogP contribution in [0.3, 0.4) is 0 Å². The molecule has 0 bridgehead atoms. The fourth-order valence-corrected chi connectivity index (χ4v) is 2.84. The summed E-state index contributed by atoms with van der Waals surface area (Å²) in [6.45, 7) is 0.849. The van der Waals surface area contributed by atoms with Gasteiger partial charge in [0.25, 0.3) is 0 Å². The van der Waals surface area contributed by atoms with Crippen LogP contribution in [-0.4, -0.2) is 31.7 Å². The van der Waals surface area contributed by atoms with Crippen LogP contribution in [0.5, 0.6) is 11.5 Å². The Labute approximate surface area is 144 Å². The first-order valence-electron chi connectivity index (χ1n) is 7.76. The Balaban J connectivity index is 1.76. The monoisotopic (exact) mass is 348 g/mol. The van der Waals surface area contributed by atoms with Gasteiger partial charge in [0.2, 0.25) is 0 Å². The van der Waals surface area contributed by atoms with Crippen LogP contribution in [0.25, 0.3) is 0 Å². The molecular weight excluding hydrogens is 330 g/mol. The minimum absolute atomic E-state index is 0.0514. The highest BCUT2D eigenvalue weighted by atomic mass is 19.1. The first-order chi connectivity index (χ1) is 12.0. The molecule has 2 aromatic carbocycles. The molecule has 1 heterocycles. The SMILES string of the molecule is COc1cc2c(cc1OC)CN(C(=O)Nc1ccc(F)cc1F)CC2. The molecule has 25 heavy (non-hydrogen) atoms. The average molecular weight is 348 g/mol. The molecule has 2 aromatic rings. The fraction of sp³-hybridized carbons (Fsp3) is 0.278. The summed E-state index contributed by atoms with van der Waals surface area (Å²) in [7, 11) is 3.12. The molecular formula is C18H18F2N2O3. The largest absolute Gasteiger partial charge is 0.493 e. The topological polar surface area (TPSA) is 50.8 Å². The van der Waals surface area contributed by atoms with Crippen molar-refractivity contribution >= 4 is 11.7 Å². The first kappa shape index (κ1) is 17.0. The van der Waals surface area contributed by atoms with Crippen LogP contribution in [0, 0.1) is 11.6 Å². The number of halogens is 2. The van der Waals surface area contributed by atoms with Crippen molar-refractivity contribution in [3.8, 4) is 11.5 Å². The van der Waals surface area contributed by atoms with Gasteiger partial charge in [-0.05, 0) is 41.8 Å². The second kappa shape index (κ2) is 6.96. The first-order valence-corrected chi connectivity index (χ1v) is 7.76. The smallest absolute Gasteiger partial charge is 0.322 e. The number of nitrogens with zero attached hydrogens (tertiary/aromatic N) is 1. The average Bonchev–Trinajstić information content (AvgIpc) is 2.62. The molecule has 0 radical (unpaired) electrons. The van der Waals surface area contributed by atoms with E-state index in [2.05, 4.69) is 5.32 Å². The summed E-state index contributed by atoms with van der Waals surface area (Å²) in [5.41, 5.74) is 1.97. The van der Waals surface area contributed by atoms with E-state index in [4.69, 9.17) is 9.47 Å². The van der Waals surface area contributed by atoms with Gasteiger partial charge in [0.15, 0.2) is 11.5 Å². The van der Waals surface area contributed by atoms with Gasteiger partial charge in [0, 0.05) is 19.2 Å². The second-order valence-electron chi connectivity index (χ2n) is 5.70. The van der Waals surface area contributed by atoms with Crippen LogP contribution >= 0.6 is 0 Å². The van der Waals surface area contributed by atoms with Crippen LogP contribution in [-0.2, 0) is 13.0 Å². The van der Waals surface area contributed by atoms with Crippen LogP contribution < -0.4 is 14.8 Å². The van der Waals surface area contributed by atoms with Crippen molar-refractivity contribution in [1.82, 2.24) is 4.90 Å². The zero-order valence-corrected chi connectivity index (χ0v) is 13.9. The standard InChI is InChI=1S/C18H18F2N2O3/c1-24-16-7-11-5-6-22(10-12(11)8-17(16)25-2)18(23)21-15-4-3-13(19)9-14(15)20/h3-4,7-9H,5-6,10H2,1-2H3,(H,21,23). The van der Waals surface area contributed by atoms with Gasteiger partial charge in [-0.25, -0.2) is 13.6 Å².